The van der Waals surface area contributed by atoms with E-state index in [1.807, 2.05) is 18.2 Å². The number of nitrogens with one attached hydrogen (secondary N) is 1. The number of likely N-dealkylation sites (tertiary alicyclic amines) is 1. The summed E-state index contributed by atoms with van der Waals surface area (Å²) in [4.78, 5) is 15.3. The van der Waals surface area contributed by atoms with Crippen LogP contribution in [0.15, 0.2) is 42.5 Å². The van der Waals surface area contributed by atoms with Crippen LogP contribution in [0.5, 0.6) is 0 Å². The minimum atomic E-state index is -3.40. The Morgan fingerprint density at radius 1 is 1.07 bits per heavy atom. The van der Waals surface area contributed by atoms with Crippen molar-refractivity contribution in [3.8, 4) is 0 Å². The molecule has 3 rings (SSSR count). The molecule has 0 aliphatic carbocycles. The number of amides is 1. The third-order valence-corrected chi connectivity index (χ3v) is 6.73. The van der Waals surface area contributed by atoms with E-state index in [0.29, 0.717) is 23.4 Å². The number of hydrogen-bond acceptors (Lipinski definition) is 4. The highest BCUT2D eigenvalue weighted by Gasteiger charge is 2.19. The molecular formula is C22H29N3O3S. The van der Waals surface area contributed by atoms with Crippen LogP contribution in [-0.4, -0.2) is 45.6 Å². The minimum Gasteiger partial charge on any atom is -0.348 e. The van der Waals surface area contributed by atoms with Gasteiger partial charge in [0.25, 0.3) is 5.91 Å². The van der Waals surface area contributed by atoms with Crippen LogP contribution in [0.2, 0.25) is 0 Å². The first-order valence-electron chi connectivity index (χ1n) is 9.88. The van der Waals surface area contributed by atoms with Crippen LogP contribution in [-0.2, 0) is 23.1 Å². The summed E-state index contributed by atoms with van der Waals surface area (Å²) in [7, 11) is -1.90. The summed E-state index contributed by atoms with van der Waals surface area (Å²) in [6.45, 7) is 5.36. The van der Waals surface area contributed by atoms with E-state index in [0.717, 1.165) is 31.5 Å². The number of carbonyl (C=O) groups is 1. The van der Waals surface area contributed by atoms with Crippen molar-refractivity contribution >= 4 is 21.6 Å². The van der Waals surface area contributed by atoms with Gasteiger partial charge in [-0.1, -0.05) is 30.3 Å². The zero-order chi connectivity index (χ0) is 21.0. The molecular weight excluding hydrogens is 386 g/mol. The highest BCUT2D eigenvalue weighted by atomic mass is 32.2. The van der Waals surface area contributed by atoms with E-state index >= 15 is 0 Å². The van der Waals surface area contributed by atoms with Gasteiger partial charge in [0.2, 0.25) is 10.0 Å². The molecule has 1 N–H and O–H groups in total. The SMILES string of the molecule is Cc1c(C(=O)NCc2ccccc2CN2CCCC2)cccc1N(C)S(C)(=O)=O. The van der Waals surface area contributed by atoms with Crippen LogP contribution in [0.4, 0.5) is 5.69 Å². The number of nitrogens with zero attached hydrogens (tertiary/aromatic N) is 2. The topological polar surface area (TPSA) is 69.7 Å². The van der Waals surface area contributed by atoms with Crippen LogP contribution < -0.4 is 9.62 Å². The van der Waals surface area contributed by atoms with Gasteiger partial charge in [-0.25, -0.2) is 8.42 Å². The van der Waals surface area contributed by atoms with E-state index in [1.54, 1.807) is 25.1 Å². The van der Waals surface area contributed by atoms with Crippen molar-refractivity contribution < 1.29 is 13.2 Å². The summed E-state index contributed by atoms with van der Waals surface area (Å²) in [6, 6.07) is 13.3. The second-order valence-corrected chi connectivity index (χ2v) is 9.63. The lowest BCUT2D eigenvalue weighted by molar-refractivity contribution is 0.0950. The van der Waals surface area contributed by atoms with Crippen LogP contribution in [0.3, 0.4) is 0 Å². The smallest absolute Gasteiger partial charge is 0.251 e. The number of rotatable bonds is 7. The molecule has 0 spiro atoms. The molecule has 0 atom stereocenters. The lowest BCUT2D eigenvalue weighted by Crippen LogP contribution is -2.28. The zero-order valence-electron chi connectivity index (χ0n) is 17.3. The molecule has 0 aromatic heterocycles. The Bertz CT molecular complexity index is 983. The molecule has 2 aromatic rings. The van der Waals surface area contributed by atoms with E-state index in [4.69, 9.17) is 0 Å². The van der Waals surface area contributed by atoms with E-state index in [-0.39, 0.29) is 5.91 Å². The van der Waals surface area contributed by atoms with Crippen molar-refractivity contribution in [1.29, 1.82) is 0 Å². The van der Waals surface area contributed by atoms with Gasteiger partial charge in [0.1, 0.15) is 0 Å². The van der Waals surface area contributed by atoms with Crippen LogP contribution in [0, 0.1) is 6.92 Å². The molecule has 29 heavy (non-hydrogen) atoms. The lowest BCUT2D eigenvalue weighted by Gasteiger charge is -2.21. The number of hydrogen-bond donors (Lipinski definition) is 1. The number of carbonyl (C=O) groups excluding carboxylic acids is 1. The Kier molecular flexibility index (Phi) is 6.59. The standard InChI is InChI=1S/C22H29N3O3S/c1-17-20(11-8-12-21(17)24(2)29(3,27)28)22(26)23-15-18-9-4-5-10-19(18)16-25-13-6-7-14-25/h4-5,8-12H,6-7,13-16H2,1-3H3,(H,23,26). The first kappa shape index (κ1) is 21.3. The highest BCUT2D eigenvalue weighted by Crippen LogP contribution is 2.24. The van der Waals surface area contributed by atoms with Crippen molar-refractivity contribution in [2.45, 2.75) is 32.9 Å². The van der Waals surface area contributed by atoms with Gasteiger partial charge in [-0.3, -0.25) is 14.0 Å². The maximum atomic E-state index is 12.8. The molecule has 2 aromatic carbocycles. The molecule has 0 unspecified atom stereocenters. The monoisotopic (exact) mass is 415 g/mol. The zero-order valence-corrected chi connectivity index (χ0v) is 18.1. The predicted octanol–water partition coefficient (Wildman–Crippen LogP) is 2.92. The van der Waals surface area contributed by atoms with E-state index < -0.39 is 10.0 Å². The molecule has 1 saturated heterocycles. The largest absolute Gasteiger partial charge is 0.348 e. The molecule has 1 aliphatic rings. The average molecular weight is 416 g/mol. The fourth-order valence-electron chi connectivity index (χ4n) is 3.73. The Hall–Kier alpha value is -2.38. The molecule has 1 aliphatic heterocycles. The van der Waals surface area contributed by atoms with Crippen LogP contribution >= 0.6 is 0 Å². The average Bonchev–Trinajstić information content (AvgIpc) is 3.19. The Balaban J connectivity index is 1.74. The molecule has 0 bridgehead atoms. The number of anilines is 1. The van der Waals surface area contributed by atoms with Gasteiger partial charge in [0.15, 0.2) is 0 Å². The van der Waals surface area contributed by atoms with Crippen molar-refractivity contribution in [3.05, 3.63) is 64.7 Å². The Morgan fingerprint density at radius 3 is 2.38 bits per heavy atom. The third-order valence-electron chi connectivity index (χ3n) is 5.54. The maximum absolute atomic E-state index is 12.8. The molecule has 1 amide bonds. The molecule has 0 radical (unpaired) electrons. The van der Waals surface area contributed by atoms with Crippen molar-refractivity contribution in [3.63, 3.8) is 0 Å². The molecule has 156 valence electrons. The van der Waals surface area contributed by atoms with Gasteiger partial charge in [-0.05, 0) is 61.7 Å². The second kappa shape index (κ2) is 8.97. The fourth-order valence-corrected chi connectivity index (χ4v) is 4.28. The summed E-state index contributed by atoms with van der Waals surface area (Å²) in [5, 5.41) is 3.00. The summed E-state index contributed by atoms with van der Waals surface area (Å²) in [6.07, 6.45) is 3.64. The maximum Gasteiger partial charge on any atom is 0.251 e. The van der Waals surface area contributed by atoms with Gasteiger partial charge in [-0.2, -0.15) is 0 Å². The summed E-state index contributed by atoms with van der Waals surface area (Å²) in [5.41, 5.74) is 3.97. The molecule has 1 fully saturated rings. The number of benzene rings is 2. The van der Waals surface area contributed by atoms with E-state index in [9.17, 15) is 13.2 Å². The third kappa shape index (κ3) is 5.16. The Morgan fingerprint density at radius 2 is 1.72 bits per heavy atom. The van der Waals surface area contributed by atoms with Gasteiger partial charge >= 0.3 is 0 Å². The van der Waals surface area contributed by atoms with Crippen molar-refractivity contribution in [1.82, 2.24) is 10.2 Å². The summed E-state index contributed by atoms with van der Waals surface area (Å²) < 4.78 is 25.0. The summed E-state index contributed by atoms with van der Waals surface area (Å²) >= 11 is 0. The van der Waals surface area contributed by atoms with Gasteiger partial charge in [-0.15, -0.1) is 0 Å². The number of sulfonamides is 1. The first-order valence-corrected chi connectivity index (χ1v) is 11.7. The van der Waals surface area contributed by atoms with Crippen LogP contribution in [0.1, 0.15) is 39.9 Å². The quantitative estimate of drug-likeness (QED) is 0.755. The molecule has 0 saturated carbocycles. The second-order valence-electron chi connectivity index (χ2n) is 7.61. The van der Waals surface area contributed by atoms with E-state index in [2.05, 4.69) is 16.3 Å². The van der Waals surface area contributed by atoms with E-state index in [1.165, 1.54) is 29.8 Å². The summed E-state index contributed by atoms with van der Waals surface area (Å²) in [5.74, 6) is -0.206. The minimum absolute atomic E-state index is 0.206. The van der Waals surface area contributed by atoms with Crippen molar-refractivity contribution in [2.24, 2.45) is 0 Å². The van der Waals surface area contributed by atoms with Gasteiger partial charge in [0.05, 0.1) is 11.9 Å². The fraction of sp³-hybridized carbons (Fsp3) is 0.409. The molecule has 1 heterocycles. The molecule has 6 nitrogen and oxygen atoms in total. The van der Waals surface area contributed by atoms with Gasteiger partial charge in [0, 0.05) is 25.7 Å². The normalized spacial score (nSPS) is 14.7. The first-order chi connectivity index (χ1) is 13.8. The predicted molar refractivity (Wildman–Crippen MR) is 117 cm³/mol. The highest BCUT2D eigenvalue weighted by molar-refractivity contribution is 7.92. The lowest BCUT2D eigenvalue weighted by atomic mass is 10.0. The van der Waals surface area contributed by atoms with Crippen LogP contribution in [0.25, 0.3) is 0 Å². The Labute approximate surface area is 173 Å². The van der Waals surface area contributed by atoms with Gasteiger partial charge < -0.3 is 5.32 Å². The molecule has 7 heteroatoms. The van der Waals surface area contributed by atoms with Crippen molar-refractivity contribution in [2.75, 3.05) is 30.7 Å².